The summed E-state index contributed by atoms with van der Waals surface area (Å²) < 4.78 is 20.4. The lowest BCUT2D eigenvalue weighted by Crippen LogP contribution is -2.33. The van der Waals surface area contributed by atoms with Crippen molar-refractivity contribution in [1.82, 2.24) is 0 Å². The summed E-state index contributed by atoms with van der Waals surface area (Å²) in [7, 11) is 3.12. The van der Waals surface area contributed by atoms with Gasteiger partial charge in [-0.2, -0.15) is 0 Å². The molecule has 0 aromatic heterocycles. The Morgan fingerprint density at radius 1 is 1.11 bits per heavy atom. The van der Waals surface area contributed by atoms with E-state index in [9.17, 15) is 24.6 Å². The normalized spacial score (nSPS) is 20.2. The van der Waals surface area contributed by atoms with Gasteiger partial charge in [0.15, 0.2) is 17.3 Å². The van der Waals surface area contributed by atoms with E-state index in [-0.39, 0.29) is 18.0 Å². The van der Waals surface area contributed by atoms with Crippen LogP contribution < -0.4 is 9.47 Å². The molecule has 1 aromatic carbocycles. The van der Waals surface area contributed by atoms with Crippen molar-refractivity contribution in [3.63, 3.8) is 0 Å². The van der Waals surface area contributed by atoms with Crippen LogP contribution in [0, 0.1) is 0 Å². The van der Waals surface area contributed by atoms with Gasteiger partial charge in [-0.05, 0) is 55.2 Å². The van der Waals surface area contributed by atoms with Crippen LogP contribution in [0.2, 0.25) is 0 Å². The van der Waals surface area contributed by atoms with E-state index < -0.39 is 29.7 Å². The predicted molar refractivity (Wildman–Crippen MR) is 127 cm³/mol. The molecule has 0 amide bonds. The number of aryl methyl sites for hydroxylation is 1. The zero-order chi connectivity index (χ0) is 26.0. The minimum Gasteiger partial charge on any atom is -0.493 e. The van der Waals surface area contributed by atoms with Gasteiger partial charge in [-0.3, -0.25) is 14.4 Å². The van der Waals surface area contributed by atoms with Crippen molar-refractivity contribution >= 4 is 17.7 Å². The average Bonchev–Trinajstić information content (AvgIpc) is 3.10. The van der Waals surface area contributed by atoms with E-state index in [1.54, 1.807) is 14.2 Å². The molecule has 9 heteroatoms. The van der Waals surface area contributed by atoms with Crippen molar-refractivity contribution in [3.8, 4) is 11.5 Å². The largest absolute Gasteiger partial charge is 0.493 e. The Morgan fingerprint density at radius 2 is 1.83 bits per heavy atom. The number of benzene rings is 1. The van der Waals surface area contributed by atoms with E-state index >= 15 is 0 Å². The zero-order valence-corrected chi connectivity index (χ0v) is 20.4. The minimum absolute atomic E-state index is 0.164. The summed E-state index contributed by atoms with van der Waals surface area (Å²) in [6.45, 7) is 2.01. The number of allylic oxidation sites excluding steroid dienone is 3. The Balaban J connectivity index is 2.08. The van der Waals surface area contributed by atoms with E-state index in [1.165, 1.54) is 44.2 Å². The topological polar surface area (TPSA) is 129 Å². The molecule has 0 heterocycles. The second kappa shape index (κ2) is 12.9. The molecule has 0 aliphatic heterocycles. The van der Waals surface area contributed by atoms with Crippen LogP contribution in [0.4, 0.5) is 0 Å². The van der Waals surface area contributed by atoms with Crippen LogP contribution >= 0.6 is 0 Å². The fourth-order valence-corrected chi connectivity index (χ4v) is 3.65. The molecule has 0 saturated heterocycles. The van der Waals surface area contributed by atoms with Crippen LogP contribution in [0.25, 0.3) is 0 Å². The average molecular weight is 489 g/mol. The van der Waals surface area contributed by atoms with E-state index in [4.69, 9.17) is 18.9 Å². The molecule has 0 radical (unpaired) electrons. The highest BCUT2D eigenvalue weighted by molar-refractivity contribution is 6.09. The molecule has 35 heavy (non-hydrogen) atoms. The van der Waals surface area contributed by atoms with Gasteiger partial charge >= 0.3 is 11.9 Å². The number of hydrogen-bond donors (Lipinski definition) is 2. The van der Waals surface area contributed by atoms with Gasteiger partial charge in [0.05, 0.1) is 14.2 Å². The van der Waals surface area contributed by atoms with Crippen molar-refractivity contribution < 1.29 is 43.5 Å². The van der Waals surface area contributed by atoms with Crippen molar-refractivity contribution in [2.24, 2.45) is 0 Å². The lowest BCUT2D eigenvalue weighted by Gasteiger charge is -2.22. The number of carbonyl (C=O) groups is 3. The molecule has 0 saturated carbocycles. The van der Waals surface area contributed by atoms with Crippen molar-refractivity contribution in [1.29, 1.82) is 0 Å². The summed E-state index contributed by atoms with van der Waals surface area (Å²) in [5, 5.41) is 21.3. The highest BCUT2D eigenvalue weighted by atomic mass is 16.6. The molecule has 2 rings (SSSR count). The van der Waals surface area contributed by atoms with E-state index in [2.05, 4.69) is 0 Å². The molecule has 1 aliphatic rings. The quantitative estimate of drug-likeness (QED) is 0.336. The summed E-state index contributed by atoms with van der Waals surface area (Å²) in [4.78, 5) is 34.7. The summed E-state index contributed by atoms with van der Waals surface area (Å²) in [6, 6.07) is 5.60. The Hall–Kier alpha value is -3.43. The molecule has 1 aromatic rings. The summed E-state index contributed by atoms with van der Waals surface area (Å²) in [5.41, 5.74) is -0.293. The second-order valence-electron chi connectivity index (χ2n) is 8.07. The molecule has 0 fully saturated rings. The molecular formula is C26H32O9. The third kappa shape index (κ3) is 8.08. The van der Waals surface area contributed by atoms with Gasteiger partial charge < -0.3 is 29.2 Å². The van der Waals surface area contributed by atoms with Gasteiger partial charge in [-0.1, -0.05) is 18.2 Å². The number of carbonyl (C=O) groups excluding carboxylic acids is 3. The first-order chi connectivity index (χ1) is 16.6. The van der Waals surface area contributed by atoms with E-state index in [0.29, 0.717) is 30.8 Å². The Kier molecular flexibility index (Phi) is 10.2. The van der Waals surface area contributed by atoms with Gasteiger partial charge in [-0.15, -0.1) is 0 Å². The highest BCUT2D eigenvalue weighted by Gasteiger charge is 2.36. The molecule has 0 bridgehead atoms. The van der Waals surface area contributed by atoms with Crippen LogP contribution in [-0.4, -0.2) is 66.6 Å². The number of methoxy groups -OCH3 is 2. The minimum atomic E-state index is -1.45. The Labute approximate surface area is 204 Å². The van der Waals surface area contributed by atoms with Crippen molar-refractivity contribution in [3.05, 3.63) is 59.7 Å². The highest BCUT2D eigenvalue weighted by Crippen LogP contribution is 2.33. The van der Waals surface area contributed by atoms with E-state index in [1.807, 2.05) is 18.2 Å². The lowest BCUT2D eigenvalue weighted by molar-refractivity contribution is -0.154. The third-order valence-electron chi connectivity index (χ3n) is 5.42. The molecule has 1 unspecified atom stereocenters. The van der Waals surface area contributed by atoms with Crippen LogP contribution in [0.3, 0.4) is 0 Å². The molecule has 9 nitrogen and oxygen atoms in total. The van der Waals surface area contributed by atoms with Gasteiger partial charge in [0.1, 0.15) is 24.4 Å². The number of aliphatic hydroxyl groups excluding tert-OH is 1. The van der Waals surface area contributed by atoms with Crippen LogP contribution in [0.15, 0.2) is 54.2 Å². The molecular weight excluding hydrogens is 456 g/mol. The zero-order valence-electron chi connectivity index (χ0n) is 20.4. The van der Waals surface area contributed by atoms with Crippen LogP contribution in [0.1, 0.15) is 32.3 Å². The number of rotatable bonds is 12. The first-order valence-electron chi connectivity index (χ1n) is 11.1. The molecule has 3 atom stereocenters. The fourth-order valence-electron chi connectivity index (χ4n) is 3.65. The van der Waals surface area contributed by atoms with Gasteiger partial charge in [-0.25, -0.2) is 0 Å². The van der Waals surface area contributed by atoms with Gasteiger partial charge in [0, 0.05) is 19.4 Å². The standard InChI is InChI=1S/C26H32O9/c1-17(27)34-16-22(30)23(35-18(2)28)9-5-8-20-21(29)12-14-26(20,31)13-6-7-19-10-11-24(32-3)25(15-19)33-4/h5,8-12,14-15,22-23,30-31H,6-7,13,16H2,1-4H3/t22-,23+,26?/m1/s1. The monoisotopic (exact) mass is 488 g/mol. The molecule has 2 N–H and O–H groups in total. The number of ether oxygens (including phenoxy) is 4. The number of hydrogen-bond acceptors (Lipinski definition) is 9. The Morgan fingerprint density at radius 3 is 2.46 bits per heavy atom. The van der Waals surface area contributed by atoms with Crippen LogP contribution in [0.5, 0.6) is 11.5 Å². The lowest BCUT2D eigenvalue weighted by atomic mass is 9.89. The molecule has 0 spiro atoms. The summed E-state index contributed by atoms with van der Waals surface area (Å²) in [6.07, 6.45) is 6.10. The third-order valence-corrected chi connectivity index (χ3v) is 5.42. The number of aliphatic hydroxyl groups is 2. The first kappa shape index (κ1) is 27.8. The predicted octanol–water partition coefficient (Wildman–Crippen LogP) is 2.23. The van der Waals surface area contributed by atoms with E-state index in [0.717, 1.165) is 5.56 Å². The maximum Gasteiger partial charge on any atom is 0.303 e. The number of esters is 2. The summed E-state index contributed by atoms with van der Waals surface area (Å²) in [5.74, 6) is -0.324. The van der Waals surface area contributed by atoms with Crippen LogP contribution in [-0.2, 0) is 30.3 Å². The maximum atomic E-state index is 12.4. The smallest absolute Gasteiger partial charge is 0.303 e. The SMILES string of the molecule is COc1ccc(CCCC2(O)C=CC(=O)C2=CC=C[C@H](OC(C)=O)[C@H](O)COC(C)=O)cc1OC. The molecule has 190 valence electrons. The number of ketones is 1. The van der Waals surface area contributed by atoms with Gasteiger partial charge in [0.2, 0.25) is 0 Å². The second-order valence-corrected chi connectivity index (χ2v) is 8.07. The fraction of sp³-hybridized carbons (Fsp3) is 0.423. The first-order valence-corrected chi connectivity index (χ1v) is 11.1. The molecule has 1 aliphatic carbocycles. The van der Waals surface area contributed by atoms with Crippen molar-refractivity contribution in [2.45, 2.75) is 50.9 Å². The van der Waals surface area contributed by atoms with Gasteiger partial charge in [0.25, 0.3) is 0 Å². The maximum absolute atomic E-state index is 12.4. The van der Waals surface area contributed by atoms with Crippen molar-refractivity contribution in [2.75, 3.05) is 20.8 Å². The summed E-state index contributed by atoms with van der Waals surface area (Å²) >= 11 is 0. The Bertz CT molecular complexity index is 1010.